The smallest absolute Gasteiger partial charge is 0.302 e. The van der Waals surface area contributed by atoms with Gasteiger partial charge in [-0.3, -0.25) is 4.79 Å². The van der Waals surface area contributed by atoms with Crippen LogP contribution in [0.1, 0.15) is 98.3 Å². The van der Waals surface area contributed by atoms with Gasteiger partial charge in [-0.1, -0.05) is 27.2 Å². The van der Waals surface area contributed by atoms with Gasteiger partial charge in [-0.15, -0.1) is 0 Å². The normalized spacial score (nSPS) is 51.8. The second kappa shape index (κ2) is 6.75. The summed E-state index contributed by atoms with van der Waals surface area (Å²) in [5, 5.41) is 11.5. The maximum atomic E-state index is 11.5. The summed E-state index contributed by atoms with van der Waals surface area (Å²) in [5.41, 5.74) is 0.108. The summed E-state index contributed by atoms with van der Waals surface area (Å²) in [4.78, 5) is 11.4. The van der Waals surface area contributed by atoms with E-state index in [4.69, 9.17) is 4.74 Å². The van der Waals surface area contributed by atoms with Crippen LogP contribution in [0.25, 0.3) is 0 Å². The Hall–Kier alpha value is -0.570. The number of carbonyl (C=O) groups is 1. The molecule has 4 aliphatic carbocycles. The molecule has 154 valence electrons. The fraction of sp³-hybridized carbons (Fsp3) is 0.958. The Labute approximate surface area is 165 Å². The predicted molar refractivity (Wildman–Crippen MR) is 107 cm³/mol. The molecule has 8 atom stereocenters. The topological polar surface area (TPSA) is 46.5 Å². The van der Waals surface area contributed by atoms with Gasteiger partial charge in [-0.2, -0.15) is 0 Å². The van der Waals surface area contributed by atoms with Crippen molar-refractivity contribution in [3.8, 4) is 0 Å². The van der Waals surface area contributed by atoms with Gasteiger partial charge in [0.15, 0.2) is 0 Å². The Morgan fingerprint density at radius 3 is 2.48 bits per heavy atom. The number of rotatable bonds is 3. The van der Waals surface area contributed by atoms with E-state index in [1.165, 1.54) is 38.5 Å². The lowest BCUT2D eigenvalue weighted by Gasteiger charge is -2.61. The number of aliphatic hydroxyl groups is 1. The van der Waals surface area contributed by atoms with Crippen LogP contribution in [0.4, 0.5) is 0 Å². The lowest BCUT2D eigenvalue weighted by atomic mass is 9.44. The number of ether oxygens (including phenoxy) is 1. The molecule has 0 spiro atoms. The van der Waals surface area contributed by atoms with Crippen molar-refractivity contribution in [1.29, 1.82) is 0 Å². The largest absolute Gasteiger partial charge is 0.463 e. The molecule has 0 unspecified atom stereocenters. The van der Waals surface area contributed by atoms with E-state index in [1.807, 2.05) is 0 Å². The zero-order chi connectivity index (χ0) is 19.4. The Morgan fingerprint density at radius 2 is 1.78 bits per heavy atom. The van der Waals surface area contributed by atoms with Gasteiger partial charge in [-0.05, 0) is 98.7 Å². The molecule has 1 N–H and O–H groups in total. The van der Waals surface area contributed by atoms with Crippen LogP contribution in [-0.4, -0.2) is 22.8 Å². The van der Waals surface area contributed by atoms with Gasteiger partial charge < -0.3 is 9.84 Å². The fourth-order valence-electron chi connectivity index (χ4n) is 8.49. The molecule has 0 amide bonds. The SMILES string of the molecule is CCC[C@]1(O)CC[C@H]2[C@@H]3CC[C@@H]4C[C@H](OC(C)=O)CC[C@]4(C)[C@H]3CC[C@@]21C. The molecule has 0 aromatic carbocycles. The standard InChI is InChI=1S/C24H40O3/c1-5-11-24(26)14-10-21-19-7-6-17-15-18(27-16(2)25)8-12-22(17,3)20(19)9-13-23(21,24)4/h17-21,26H,5-15H2,1-4H3/t17-,18-,19-,20+,21+,22+,23+,24+/m1/s1. The predicted octanol–water partition coefficient (Wildman–Crippen LogP) is 5.49. The molecular weight excluding hydrogens is 336 g/mol. The van der Waals surface area contributed by atoms with E-state index < -0.39 is 5.60 Å². The number of carbonyl (C=O) groups excluding carboxylic acids is 1. The van der Waals surface area contributed by atoms with Crippen molar-refractivity contribution in [2.45, 2.75) is 110 Å². The Morgan fingerprint density at radius 1 is 1.04 bits per heavy atom. The maximum absolute atomic E-state index is 11.5. The second-order valence-electron chi connectivity index (χ2n) is 10.9. The first-order valence-corrected chi connectivity index (χ1v) is 11.6. The van der Waals surface area contributed by atoms with Crippen molar-refractivity contribution in [2.75, 3.05) is 0 Å². The van der Waals surface area contributed by atoms with E-state index in [0.717, 1.165) is 43.9 Å². The molecule has 27 heavy (non-hydrogen) atoms. The zero-order valence-electron chi connectivity index (χ0n) is 17.9. The molecule has 4 aliphatic rings. The van der Waals surface area contributed by atoms with Crippen LogP contribution in [0, 0.1) is 34.5 Å². The summed E-state index contributed by atoms with van der Waals surface area (Å²) in [6.45, 7) is 8.73. The number of hydrogen-bond donors (Lipinski definition) is 1. The summed E-state index contributed by atoms with van der Waals surface area (Å²) in [5.74, 6) is 2.89. The minimum absolute atomic E-state index is 0.119. The average molecular weight is 377 g/mol. The van der Waals surface area contributed by atoms with Crippen LogP contribution in [0.15, 0.2) is 0 Å². The fourth-order valence-corrected chi connectivity index (χ4v) is 8.49. The van der Waals surface area contributed by atoms with Gasteiger partial charge in [0.25, 0.3) is 0 Å². The van der Waals surface area contributed by atoms with Crippen molar-refractivity contribution >= 4 is 5.97 Å². The summed E-state index contributed by atoms with van der Waals surface area (Å²) in [6, 6.07) is 0. The Balaban J connectivity index is 1.54. The van der Waals surface area contributed by atoms with Gasteiger partial charge in [0.05, 0.1) is 5.60 Å². The van der Waals surface area contributed by atoms with Crippen LogP contribution in [0.3, 0.4) is 0 Å². The van der Waals surface area contributed by atoms with E-state index >= 15 is 0 Å². The first-order valence-electron chi connectivity index (χ1n) is 11.6. The highest BCUT2D eigenvalue weighted by atomic mass is 16.5. The molecule has 0 aromatic rings. The van der Waals surface area contributed by atoms with Gasteiger partial charge in [0, 0.05) is 6.92 Å². The Kier molecular flexibility index (Phi) is 4.93. The molecule has 0 aliphatic heterocycles. The van der Waals surface area contributed by atoms with Gasteiger partial charge in [0.1, 0.15) is 6.10 Å². The first kappa shape index (κ1) is 19.7. The summed E-state index contributed by atoms with van der Waals surface area (Å²) in [7, 11) is 0. The minimum atomic E-state index is -0.428. The highest BCUT2D eigenvalue weighted by Gasteiger charge is 2.64. The molecule has 0 bridgehead atoms. The van der Waals surface area contributed by atoms with Crippen LogP contribution in [-0.2, 0) is 9.53 Å². The van der Waals surface area contributed by atoms with Crippen molar-refractivity contribution in [1.82, 2.24) is 0 Å². The molecule has 3 nitrogen and oxygen atoms in total. The zero-order valence-corrected chi connectivity index (χ0v) is 17.9. The monoisotopic (exact) mass is 376 g/mol. The first-order chi connectivity index (χ1) is 12.7. The van der Waals surface area contributed by atoms with Gasteiger partial charge >= 0.3 is 5.97 Å². The quantitative estimate of drug-likeness (QED) is 0.662. The summed E-state index contributed by atoms with van der Waals surface area (Å²) in [6.07, 6.45) is 12.9. The molecule has 0 aromatic heterocycles. The molecule has 0 heterocycles. The number of hydrogen-bond acceptors (Lipinski definition) is 3. The van der Waals surface area contributed by atoms with Gasteiger partial charge in [-0.25, -0.2) is 0 Å². The lowest BCUT2D eigenvalue weighted by Crippen LogP contribution is -2.56. The van der Waals surface area contributed by atoms with Crippen LogP contribution in [0.2, 0.25) is 0 Å². The minimum Gasteiger partial charge on any atom is -0.463 e. The van der Waals surface area contributed by atoms with Crippen LogP contribution < -0.4 is 0 Å². The summed E-state index contributed by atoms with van der Waals surface area (Å²) < 4.78 is 5.59. The van der Waals surface area contributed by atoms with Crippen LogP contribution in [0.5, 0.6) is 0 Å². The maximum Gasteiger partial charge on any atom is 0.302 e. The van der Waals surface area contributed by atoms with E-state index in [9.17, 15) is 9.90 Å². The van der Waals surface area contributed by atoms with E-state index in [-0.39, 0.29) is 17.5 Å². The third-order valence-corrected chi connectivity index (χ3v) is 9.94. The molecule has 4 rings (SSSR count). The lowest BCUT2D eigenvalue weighted by molar-refractivity contribution is -0.170. The van der Waals surface area contributed by atoms with E-state index in [2.05, 4.69) is 20.8 Å². The van der Waals surface area contributed by atoms with Crippen molar-refractivity contribution in [2.24, 2.45) is 34.5 Å². The summed E-state index contributed by atoms with van der Waals surface area (Å²) >= 11 is 0. The third kappa shape index (κ3) is 2.90. The molecule has 3 heteroatoms. The van der Waals surface area contributed by atoms with Crippen molar-refractivity contribution in [3.05, 3.63) is 0 Å². The molecular formula is C24H40O3. The van der Waals surface area contributed by atoms with Gasteiger partial charge in [0.2, 0.25) is 0 Å². The van der Waals surface area contributed by atoms with E-state index in [0.29, 0.717) is 17.3 Å². The highest BCUT2D eigenvalue weighted by Crippen LogP contribution is 2.68. The molecule has 4 fully saturated rings. The Bertz CT molecular complexity index is 588. The van der Waals surface area contributed by atoms with Crippen molar-refractivity contribution < 1.29 is 14.6 Å². The third-order valence-electron chi connectivity index (χ3n) is 9.94. The molecule has 4 saturated carbocycles. The molecule has 0 saturated heterocycles. The van der Waals surface area contributed by atoms with E-state index in [1.54, 1.807) is 6.92 Å². The second-order valence-corrected chi connectivity index (χ2v) is 10.9. The van der Waals surface area contributed by atoms with Crippen molar-refractivity contribution in [3.63, 3.8) is 0 Å². The highest BCUT2D eigenvalue weighted by molar-refractivity contribution is 5.66. The molecule has 0 radical (unpaired) electrons. The number of fused-ring (bicyclic) bond motifs is 5. The average Bonchev–Trinajstić information content (AvgIpc) is 2.86. The number of esters is 1. The van der Waals surface area contributed by atoms with Crippen LogP contribution >= 0.6 is 0 Å².